The number of alkyl halides is 3. The first-order valence-electron chi connectivity index (χ1n) is 7.52. The van der Waals surface area contributed by atoms with Crippen LogP contribution in [0.1, 0.15) is 11.7 Å². The molecule has 0 aliphatic heterocycles. The molecule has 3 aromatic rings. The summed E-state index contributed by atoms with van der Waals surface area (Å²) < 4.78 is 45.5. The minimum atomic E-state index is -4.65. The van der Waals surface area contributed by atoms with E-state index in [4.69, 9.17) is 22.1 Å². The van der Waals surface area contributed by atoms with Gasteiger partial charge in [-0.1, -0.05) is 66.2 Å². The van der Waals surface area contributed by atoms with E-state index in [0.29, 0.717) is 0 Å². The lowest BCUT2D eigenvalue weighted by molar-refractivity contribution is -0.198. The average molecular weight is 380 g/mol. The molecule has 0 aliphatic carbocycles. The quantitative estimate of drug-likeness (QED) is 0.643. The minimum absolute atomic E-state index is 0.0644. The van der Waals surface area contributed by atoms with Gasteiger partial charge >= 0.3 is 6.18 Å². The number of nitrogens with two attached hydrogens (primary N) is 1. The Morgan fingerprint density at radius 2 is 1.54 bits per heavy atom. The van der Waals surface area contributed by atoms with Crippen LogP contribution in [0.25, 0.3) is 11.1 Å². The highest BCUT2D eigenvalue weighted by molar-refractivity contribution is 6.29. The second-order valence-corrected chi connectivity index (χ2v) is 5.80. The highest BCUT2D eigenvalue weighted by Gasteiger charge is 2.43. The summed E-state index contributed by atoms with van der Waals surface area (Å²) >= 11 is 5.69. The SMILES string of the molecule is Nc1nc(Cl)cc(O[C@H](c2ccc(-c3ccccc3)cc2)C(F)(F)F)n1. The molecule has 0 unspecified atom stereocenters. The van der Waals surface area contributed by atoms with E-state index in [1.165, 1.54) is 12.1 Å². The van der Waals surface area contributed by atoms with E-state index in [-0.39, 0.29) is 22.5 Å². The van der Waals surface area contributed by atoms with Crippen LogP contribution in [0.5, 0.6) is 5.88 Å². The van der Waals surface area contributed by atoms with Gasteiger partial charge in [0, 0.05) is 11.6 Å². The lowest BCUT2D eigenvalue weighted by Crippen LogP contribution is -2.26. The molecule has 0 fully saturated rings. The monoisotopic (exact) mass is 379 g/mol. The molecule has 0 saturated heterocycles. The molecule has 0 amide bonds. The van der Waals surface area contributed by atoms with Crippen molar-refractivity contribution in [1.29, 1.82) is 0 Å². The smallest absolute Gasteiger partial charge is 0.429 e. The lowest BCUT2D eigenvalue weighted by atomic mass is 10.0. The summed E-state index contributed by atoms with van der Waals surface area (Å²) in [5, 5.41) is -0.104. The molecule has 0 saturated carbocycles. The predicted molar refractivity (Wildman–Crippen MR) is 92.8 cm³/mol. The van der Waals surface area contributed by atoms with Gasteiger partial charge in [0.05, 0.1) is 0 Å². The molecule has 2 N–H and O–H groups in total. The number of anilines is 1. The first-order valence-corrected chi connectivity index (χ1v) is 7.89. The molecule has 0 aliphatic rings. The van der Waals surface area contributed by atoms with Crippen molar-refractivity contribution in [2.75, 3.05) is 5.73 Å². The second kappa shape index (κ2) is 7.21. The van der Waals surface area contributed by atoms with Crippen LogP contribution in [0, 0.1) is 0 Å². The summed E-state index contributed by atoms with van der Waals surface area (Å²) in [5.41, 5.74) is 7.03. The van der Waals surface area contributed by atoms with Gasteiger partial charge in [-0.2, -0.15) is 18.2 Å². The third-order valence-electron chi connectivity index (χ3n) is 3.55. The molecule has 1 aromatic heterocycles. The molecular weight excluding hydrogens is 367 g/mol. The van der Waals surface area contributed by atoms with Crippen molar-refractivity contribution >= 4 is 17.5 Å². The summed E-state index contributed by atoms with van der Waals surface area (Å²) in [4.78, 5) is 7.23. The summed E-state index contributed by atoms with van der Waals surface area (Å²) in [6.07, 6.45) is -6.86. The maximum Gasteiger partial charge on any atom is 0.429 e. The van der Waals surface area contributed by atoms with Crippen LogP contribution in [0.4, 0.5) is 19.1 Å². The standard InChI is InChI=1S/C18H13ClF3N3O/c19-14-10-15(25-17(23)24-14)26-16(18(20,21)22)13-8-6-12(7-9-13)11-4-2-1-3-5-11/h1-10,16H,(H2,23,24,25)/t16-/m1/s1. The lowest BCUT2D eigenvalue weighted by Gasteiger charge is -2.22. The van der Waals surface area contributed by atoms with Gasteiger partial charge in [0.15, 0.2) is 0 Å². The van der Waals surface area contributed by atoms with Crippen molar-refractivity contribution in [3.8, 4) is 17.0 Å². The Labute approximate surface area is 152 Å². The number of rotatable bonds is 4. The van der Waals surface area contributed by atoms with Crippen molar-refractivity contribution < 1.29 is 17.9 Å². The fourth-order valence-corrected chi connectivity index (χ4v) is 2.58. The van der Waals surface area contributed by atoms with E-state index < -0.39 is 12.3 Å². The first-order chi connectivity index (χ1) is 12.3. The van der Waals surface area contributed by atoms with Gasteiger partial charge in [-0.25, -0.2) is 4.98 Å². The number of halogens is 4. The van der Waals surface area contributed by atoms with Crippen LogP contribution in [0.15, 0.2) is 60.7 Å². The molecule has 26 heavy (non-hydrogen) atoms. The molecule has 0 spiro atoms. The molecule has 2 aromatic carbocycles. The van der Waals surface area contributed by atoms with Gasteiger partial charge in [0.1, 0.15) is 5.15 Å². The summed E-state index contributed by atoms with van der Waals surface area (Å²) in [7, 11) is 0. The Kier molecular flexibility index (Phi) is 4.99. The van der Waals surface area contributed by atoms with Crippen LogP contribution in [-0.4, -0.2) is 16.1 Å². The predicted octanol–water partition coefficient (Wildman–Crippen LogP) is 5.06. The topological polar surface area (TPSA) is 61.0 Å². The molecule has 1 atom stereocenters. The summed E-state index contributed by atoms with van der Waals surface area (Å²) in [6, 6.07) is 16.3. The Bertz CT molecular complexity index is 866. The third kappa shape index (κ3) is 4.23. The zero-order chi connectivity index (χ0) is 18.7. The maximum absolute atomic E-state index is 13.5. The van der Waals surface area contributed by atoms with Crippen molar-refractivity contribution in [3.63, 3.8) is 0 Å². The third-order valence-corrected chi connectivity index (χ3v) is 3.74. The number of nitrogen functional groups attached to an aromatic ring is 1. The van der Waals surface area contributed by atoms with E-state index >= 15 is 0 Å². The molecular formula is C18H13ClF3N3O. The van der Waals surface area contributed by atoms with Gasteiger partial charge in [-0.3, -0.25) is 0 Å². The van der Waals surface area contributed by atoms with E-state index in [1.807, 2.05) is 30.3 Å². The zero-order valence-electron chi connectivity index (χ0n) is 13.2. The van der Waals surface area contributed by atoms with Crippen molar-refractivity contribution in [3.05, 3.63) is 71.4 Å². The van der Waals surface area contributed by atoms with Gasteiger partial charge < -0.3 is 10.5 Å². The van der Waals surface area contributed by atoms with Crippen LogP contribution >= 0.6 is 11.6 Å². The normalized spacial score (nSPS) is 12.6. The number of ether oxygens (including phenoxy) is 1. The number of benzene rings is 2. The summed E-state index contributed by atoms with van der Waals surface area (Å²) in [6.45, 7) is 0. The molecule has 8 heteroatoms. The van der Waals surface area contributed by atoms with Gasteiger partial charge in [0.25, 0.3) is 0 Å². The minimum Gasteiger partial charge on any atom is -0.460 e. The van der Waals surface area contributed by atoms with Gasteiger partial charge in [0.2, 0.25) is 17.9 Å². The first kappa shape index (κ1) is 18.0. The van der Waals surface area contributed by atoms with Crippen molar-refractivity contribution in [2.45, 2.75) is 12.3 Å². The van der Waals surface area contributed by atoms with Crippen LogP contribution in [0.2, 0.25) is 5.15 Å². The molecule has 3 rings (SSSR count). The zero-order valence-corrected chi connectivity index (χ0v) is 14.0. The Balaban J connectivity index is 1.91. The molecule has 134 valence electrons. The van der Waals surface area contributed by atoms with E-state index in [0.717, 1.165) is 17.2 Å². The highest BCUT2D eigenvalue weighted by Crippen LogP contribution is 2.37. The van der Waals surface area contributed by atoms with Crippen LogP contribution in [0.3, 0.4) is 0 Å². The molecule has 0 bridgehead atoms. The van der Waals surface area contributed by atoms with Gasteiger partial charge in [-0.05, 0) is 11.1 Å². The number of nitrogens with zero attached hydrogens (tertiary/aromatic N) is 2. The second-order valence-electron chi connectivity index (χ2n) is 5.41. The average Bonchev–Trinajstić information content (AvgIpc) is 2.59. The fourth-order valence-electron chi connectivity index (χ4n) is 2.40. The van der Waals surface area contributed by atoms with Gasteiger partial charge in [-0.15, -0.1) is 0 Å². The van der Waals surface area contributed by atoms with E-state index in [2.05, 4.69) is 9.97 Å². The highest BCUT2D eigenvalue weighted by atomic mass is 35.5. The largest absolute Gasteiger partial charge is 0.460 e. The maximum atomic E-state index is 13.5. The van der Waals surface area contributed by atoms with Crippen molar-refractivity contribution in [1.82, 2.24) is 9.97 Å². The Morgan fingerprint density at radius 1 is 0.923 bits per heavy atom. The van der Waals surface area contributed by atoms with Crippen LogP contribution < -0.4 is 10.5 Å². The van der Waals surface area contributed by atoms with Crippen LogP contribution in [-0.2, 0) is 0 Å². The molecule has 4 nitrogen and oxygen atoms in total. The van der Waals surface area contributed by atoms with E-state index in [1.54, 1.807) is 12.1 Å². The van der Waals surface area contributed by atoms with E-state index in [9.17, 15) is 13.2 Å². The summed E-state index contributed by atoms with van der Waals surface area (Å²) in [5.74, 6) is -0.621. The number of hydrogen-bond acceptors (Lipinski definition) is 4. The number of aromatic nitrogens is 2. The fraction of sp³-hybridized carbons (Fsp3) is 0.111. The molecule has 1 heterocycles. The number of hydrogen-bond donors (Lipinski definition) is 1. The Morgan fingerprint density at radius 3 is 2.12 bits per heavy atom. The van der Waals surface area contributed by atoms with Crippen molar-refractivity contribution in [2.24, 2.45) is 0 Å². The molecule has 0 radical (unpaired) electrons. The Hall–Kier alpha value is -2.80.